The monoisotopic (exact) mass is 490 g/mol. The molecule has 0 radical (unpaired) electrons. The molecule has 5 rings (SSSR count). The van der Waals surface area contributed by atoms with Crippen molar-refractivity contribution in [2.45, 2.75) is 26.0 Å². The normalized spacial score (nSPS) is 17.0. The average molecular weight is 491 g/mol. The molecule has 1 aliphatic rings. The minimum atomic E-state index is -0.791. The van der Waals surface area contributed by atoms with Crippen molar-refractivity contribution >= 4 is 34.4 Å². The fourth-order valence-corrected chi connectivity index (χ4v) is 4.77. The molecule has 0 bridgehead atoms. The van der Waals surface area contributed by atoms with E-state index in [0.29, 0.717) is 22.8 Å². The lowest BCUT2D eigenvalue weighted by Crippen LogP contribution is -2.26. The number of nitrogens with zero attached hydrogens (tertiary/aromatic N) is 4. The molecule has 172 valence electrons. The molecule has 1 unspecified atom stereocenters. The molecule has 8 nitrogen and oxygen atoms in total. The van der Waals surface area contributed by atoms with E-state index in [2.05, 4.69) is 20.4 Å². The third kappa shape index (κ3) is 4.23. The second kappa shape index (κ2) is 8.81. The Kier molecular flexibility index (Phi) is 5.86. The summed E-state index contributed by atoms with van der Waals surface area (Å²) in [5.41, 5.74) is 2.06. The van der Waals surface area contributed by atoms with Crippen LogP contribution in [-0.2, 0) is 6.54 Å². The van der Waals surface area contributed by atoms with Crippen molar-refractivity contribution in [1.29, 1.82) is 0 Å². The van der Waals surface area contributed by atoms with Gasteiger partial charge in [0.15, 0.2) is 11.8 Å². The van der Waals surface area contributed by atoms with Crippen molar-refractivity contribution in [1.82, 2.24) is 29.8 Å². The van der Waals surface area contributed by atoms with E-state index < -0.39 is 17.6 Å². The van der Waals surface area contributed by atoms with Crippen molar-refractivity contribution < 1.29 is 9.23 Å². The zero-order valence-corrected chi connectivity index (χ0v) is 19.2. The summed E-state index contributed by atoms with van der Waals surface area (Å²) in [6.45, 7) is 4.52. The molecule has 2 atom stereocenters. The first kappa shape index (κ1) is 21.9. The fraction of sp³-hybridized carbons (Fsp3) is 0.318. The predicted octanol–water partition coefficient (Wildman–Crippen LogP) is 3.83. The summed E-state index contributed by atoms with van der Waals surface area (Å²) in [4.78, 5) is 25.6. The maximum atomic E-state index is 13.9. The standard InChI is InChI=1S/C22H21Cl2FN6O2/c1-12(19-15(23)2-3-16(25)20(19)24)33-31-18-5-4-17(28-21(18)29-22(31)32)14-9-27-30(11-14)10-13-6-7-26-8-13/h2-5,9,11-13,26H,6-8,10H2,1H3,(H,28,29,32)/t12?,13-/m0/s1. The lowest BCUT2D eigenvalue weighted by Gasteiger charge is -2.17. The van der Waals surface area contributed by atoms with Crippen LogP contribution in [0.3, 0.4) is 0 Å². The van der Waals surface area contributed by atoms with Crippen LogP contribution >= 0.6 is 23.2 Å². The number of imidazole rings is 1. The van der Waals surface area contributed by atoms with E-state index in [9.17, 15) is 9.18 Å². The van der Waals surface area contributed by atoms with Crippen LogP contribution in [0.2, 0.25) is 10.0 Å². The van der Waals surface area contributed by atoms with E-state index >= 15 is 0 Å². The summed E-state index contributed by atoms with van der Waals surface area (Å²) in [5, 5.41) is 7.90. The van der Waals surface area contributed by atoms with E-state index in [1.807, 2.05) is 10.9 Å². The van der Waals surface area contributed by atoms with Crippen molar-refractivity contribution in [2.75, 3.05) is 13.1 Å². The van der Waals surface area contributed by atoms with E-state index in [1.54, 1.807) is 25.3 Å². The number of hydrogen-bond donors (Lipinski definition) is 2. The third-order valence-corrected chi connectivity index (χ3v) is 6.50. The van der Waals surface area contributed by atoms with Crippen LogP contribution in [0.5, 0.6) is 0 Å². The SMILES string of the molecule is CC(On1c(=O)[nH]c2nc(-c3cnn(C[C@H]4CCNC4)c3)ccc21)c1c(Cl)ccc(F)c1Cl. The molecule has 2 N–H and O–H groups in total. The van der Waals surface area contributed by atoms with Gasteiger partial charge in [0.1, 0.15) is 11.3 Å². The van der Waals surface area contributed by atoms with Crippen LogP contribution in [-0.4, -0.2) is 37.6 Å². The number of nitrogens with one attached hydrogen (secondary N) is 2. The molecular formula is C22H21Cl2FN6O2. The summed E-state index contributed by atoms with van der Waals surface area (Å²) >= 11 is 12.3. The molecule has 0 spiro atoms. The van der Waals surface area contributed by atoms with Crippen LogP contribution in [0, 0.1) is 11.7 Å². The number of aromatic nitrogens is 5. The molecular weight excluding hydrogens is 470 g/mol. The van der Waals surface area contributed by atoms with Crippen LogP contribution < -0.4 is 15.8 Å². The quantitative estimate of drug-likeness (QED) is 0.401. The number of pyridine rings is 1. The Balaban J connectivity index is 1.41. The Bertz CT molecular complexity index is 1380. The first-order valence-electron chi connectivity index (χ1n) is 10.6. The number of halogens is 3. The van der Waals surface area contributed by atoms with Crippen LogP contribution in [0.15, 0.2) is 41.5 Å². The minimum Gasteiger partial charge on any atom is -0.401 e. The van der Waals surface area contributed by atoms with E-state index in [-0.39, 0.29) is 15.6 Å². The number of H-pyrrole nitrogens is 1. The molecule has 1 saturated heterocycles. The van der Waals surface area contributed by atoms with Gasteiger partial charge in [0.05, 0.1) is 16.9 Å². The van der Waals surface area contributed by atoms with Gasteiger partial charge in [-0.2, -0.15) is 5.10 Å². The molecule has 1 fully saturated rings. The molecule has 0 amide bonds. The molecule has 4 heterocycles. The molecule has 1 aliphatic heterocycles. The van der Waals surface area contributed by atoms with E-state index in [0.717, 1.165) is 36.3 Å². The second-order valence-corrected chi connectivity index (χ2v) is 8.89. The third-order valence-electron chi connectivity index (χ3n) is 5.79. The summed E-state index contributed by atoms with van der Waals surface area (Å²) in [5.74, 6) is -0.0494. The zero-order valence-electron chi connectivity index (χ0n) is 17.7. The van der Waals surface area contributed by atoms with Gasteiger partial charge in [0.25, 0.3) is 0 Å². The van der Waals surface area contributed by atoms with Crippen molar-refractivity contribution in [3.8, 4) is 11.3 Å². The van der Waals surface area contributed by atoms with Gasteiger partial charge in [-0.3, -0.25) is 9.67 Å². The van der Waals surface area contributed by atoms with E-state index in [1.165, 1.54) is 12.1 Å². The Morgan fingerprint density at radius 2 is 2.15 bits per heavy atom. The lowest BCUT2D eigenvalue weighted by atomic mass is 10.1. The van der Waals surface area contributed by atoms with Gasteiger partial charge in [-0.05, 0) is 56.6 Å². The first-order valence-corrected chi connectivity index (χ1v) is 11.3. The summed E-state index contributed by atoms with van der Waals surface area (Å²) in [6, 6.07) is 6.10. The van der Waals surface area contributed by atoms with Gasteiger partial charge in [-0.25, -0.2) is 14.2 Å². The highest BCUT2D eigenvalue weighted by Crippen LogP contribution is 2.33. The number of fused-ring (bicyclic) bond motifs is 1. The lowest BCUT2D eigenvalue weighted by molar-refractivity contribution is 0.0492. The van der Waals surface area contributed by atoms with Gasteiger partial charge in [0.2, 0.25) is 0 Å². The molecule has 3 aromatic heterocycles. The Hall–Kier alpha value is -2.88. The largest absolute Gasteiger partial charge is 0.401 e. The predicted molar refractivity (Wildman–Crippen MR) is 124 cm³/mol. The van der Waals surface area contributed by atoms with Crippen LogP contribution in [0.1, 0.15) is 25.0 Å². The highest BCUT2D eigenvalue weighted by atomic mass is 35.5. The Morgan fingerprint density at radius 3 is 2.94 bits per heavy atom. The maximum Gasteiger partial charge on any atom is 0.360 e. The summed E-state index contributed by atoms with van der Waals surface area (Å²) < 4.78 is 16.9. The molecule has 33 heavy (non-hydrogen) atoms. The molecule has 4 aromatic rings. The first-order chi connectivity index (χ1) is 15.9. The van der Waals surface area contributed by atoms with Crippen LogP contribution in [0.4, 0.5) is 4.39 Å². The minimum absolute atomic E-state index is 0.145. The van der Waals surface area contributed by atoms with Gasteiger partial charge in [0, 0.05) is 28.9 Å². The number of rotatable bonds is 6. The van der Waals surface area contributed by atoms with Crippen molar-refractivity contribution in [3.63, 3.8) is 0 Å². The number of benzene rings is 1. The fourth-order valence-electron chi connectivity index (χ4n) is 4.09. The highest BCUT2D eigenvalue weighted by molar-refractivity contribution is 6.36. The van der Waals surface area contributed by atoms with Crippen molar-refractivity contribution in [2.24, 2.45) is 5.92 Å². The van der Waals surface area contributed by atoms with Gasteiger partial charge >= 0.3 is 5.69 Å². The second-order valence-electron chi connectivity index (χ2n) is 8.10. The maximum absolute atomic E-state index is 13.9. The summed E-state index contributed by atoms with van der Waals surface area (Å²) in [7, 11) is 0. The zero-order chi connectivity index (χ0) is 23.1. The topological polar surface area (TPSA) is 89.8 Å². The molecule has 0 saturated carbocycles. The van der Waals surface area contributed by atoms with E-state index in [4.69, 9.17) is 28.0 Å². The van der Waals surface area contributed by atoms with Gasteiger partial charge < -0.3 is 10.2 Å². The summed E-state index contributed by atoms with van der Waals surface area (Å²) in [6.07, 6.45) is 4.06. The number of hydrogen-bond acceptors (Lipinski definition) is 5. The molecule has 1 aromatic carbocycles. The highest BCUT2D eigenvalue weighted by Gasteiger charge is 2.21. The smallest absolute Gasteiger partial charge is 0.360 e. The van der Waals surface area contributed by atoms with Crippen LogP contribution in [0.25, 0.3) is 22.4 Å². The Labute approximate surface area is 198 Å². The van der Waals surface area contributed by atoms with Gasteiger partial charge in [-0.15, -0.1) is 4.73 Å². The Morgan fingerprint density at radius 1 is 1.30 bits per heavy atom. The van der Waals surface area contributed by atoms with Crippen molar-refractivity contribution in [3.05, 3.63) is 68.6 Å². The molecule has 11 heteroatoms. The number of aromatic amines is 1. The molecule has 0 aliphatic carbocycles. The van der Waals surface area contributed by atoms with Gasteiger partial charge in [-0.1, -0.05) is 23.2 Å². The average Bonchev–Trinajstić information content (AvgIpc) is 3.53.